The third-order valence-corrected chi connectivity index (χ3v) is 2.60. The minimum atomic E-state index is -0.476. The number of ketones is 1. The summed E-state index contributed by atoms with van der Waals surface area (Å²) in [4.78, 5) is 23.2. The molecule has 0 aliphatic carbocycles. The number of anilines is 1. The van der Waals surface area contributed by atoms with Gasteiger partial charge in [-0.3, -0.25) is 9.59 Å². The van der Waals surface area contributed by atoms with Gasteiger partial charge in [-0.1, -0.05) is 36.4 Å². The largest absolute Gasteiger partial charge is 0.424 e. The van der Waals surface area contributed by atoms with Gasteiger partial charge in [0.05, 0.1) is 5.69 Å². The molecule has 2 rings (SSSR count). The van der Waals surface area contributed by atoms with Crippen LogP contribution in [0.3, 0.4) is 0 Å². The van der Waals surface area contributed by atoms with Crippen LogP contribution in [0.25, 0.3) is 0 Å². The topological polar surface area (TPSA) is 101 Å². The maximum Gasteiger partial charge on any atom is 0.308 e. The van der Waals surface area contributed by atoms with Gasteiger partial charge in [-0.2, -0.15) is 0 Å². The molecule has 0 heterocycles. The van der Waals surface area contributed by atoms with Crippen LogP contribution >= 0.6 is 0 Å². The van der Waals surface area contributed by atoms with Crippen LogP contribution in [0.5, 0.6) is 5.75 Å². The first-order valence-electron chi connectivity index (χ1n) is 5.76. The maximum absolute atomic E-state index is 12.3. The van der Waals surface area contributed by atoms with E-state index in [4.69, 9.17) is 10.5 Å². The van der Waals surface area contributed by atoms with Crippen molar-refractivity contribution < 1.29 is 19.8 Å². The van der Waals surface area contributed by atoms with Crippen molar-refractivity contribution in [3.05, 3.63) is 59.7 Å². The normalized spacial score (nSPS) is 9.45. The van der Waals surface area contributed by atoms with Crippen molar-refractivity contribution in [1.82, 2.24) is 0 Å². The second-order valence-corrected chi connectivity index (χ2v) is 4.01. The fourth-order valence-electron chi connectivity index (χ4n) is 1.73. The van der Waals surface area contributed by atoms with Crippen LogP contribution in [0.1, 0.15) is 22.8 Å². The van der Waals surface area contributed by atoms with Gasteiger partial charge < -0.3 is 15.9 Å². The zero-order valence-electron chi connectivity index (χ0n) is 10.9. The number of benzene rings is 2. The first-order valence-corrected chi connectivity index (χ1v) is 5.76. The Morgan fingerprint density at radius 3 is 2.25 bits per heavy atom. The number of carbonyl (C=O) groups excluding carboxylic acids is 2. The molecule has 0 amide bonds. The van der Waals surface area contributed by atoms with Crippen molar-refractivity contribution in [2.45, 2.75) is 6.92 Å². The van der Waals surface area contributed by atoms with Crippen LogP contribution < -0.4 is 10.5 Å². The molecule has 2 aromatic carbocycles. The van der Waals surface area contributed by atoms with E-state index in [1.54, 1.807) is 42.5 Å². The maximum atomic E-state index is 12.3. The number of esters is 1. The van der Waals surface area contributed by atoms with Crippen molar-refractivity contribution >= 4 is 17.4 Å². The monoisotopic (exact) mass is 273 g/mol. The summed E-state index contributed by atoms with van der Waals surface area (Å²) in [5.41, 5.74) is 6.90. The van der Waals surface area contributed by atoms with Crippen LogP contribution in [0, 0.1) is 0 Å². The third-order valence-electron chi connectivity index (χ3n) is 2.60. The van der Waals surface area contributed by atoms with Gasteiger partial charge in [0.15, 0.2) is 11.5 Å². The summed E-state index contributed by atoms with van der Waals surface area (Å²) in [5.74, 6) is -0.475. The summed E-state index contributed by atoms with van der Waals surface area (Å²) in [7, 11) is 0. The lowest BCUT2D eigenvalue weighted by Gasteiger charge is -2.09. The van der Waals surface area contributed by atoms with E-state index in [2.05, 4.69) is 0 Å². The van der Waals surface area contributed by atoms with Crippen molar-refractivity contribution in [2.75, 3.05) is 5.73 Å². The molecule has 5 nitrogen and oxygen atoms in total. The molecule has 20 heavy (non-hydrogen) atoms. The molecule has 0 aliphatic heterocycles. The number of ether oxygens (including phenoxy) is 1. The summed E-state index contributed by atoms with van der Waals surface area (Å²) in [6.07, 6.45) is 0. The minimum Gasteiger partial charge on any atom is -0.424 e. The van der Waals surface area contributed by atoms with Gasteiger partial charge in [0.25, 0.3) is 0 Å². The van der Waals surface area contributed by atoms with Gasteiger partial charge in [-0.25, -0.2) is 0 Å². The number of carbonyl (C=O) groups is 2. The van der Waals surface area contributed by atoms with Gasteiger partial charge in [0, 0.05) is 18.1 Å². The predicted molar refractivity (Wildman–Crippen MR) is 75.7 cm³/mol. The van der Waals surface area contributed by atoms with Crippen molar-refractivity contribution in [3.63, 3.8) is 0 Å². The highest BCUT2D eigenvalue weighted by molar-refractivity contribution is 6.12. The minimum absolute atomic E-state index is 0. The van der Waals surface area contributed by atoms with E-state index >= 15 is 0 Å². The fraction of sp³-hybridized carbons (Fsp3) is 0.0667. The van der Waals surface area contributed by atoms with E-state index in [9.17, 15) is 9.59 Å². The number of hydrogen-bond acceptors (Lipinski definition) is 4. The molecule has 4 N–H and O–H groups in total. The summed E-state index contributed by atoms with van der Waals surface area (Å²) in [6.45, 7) is 1.28. The lowest BCUT2D eigenvalue weighted by molar-refractivity contribution is -0.131. The molecule has 0 atom stereocenters. The van der Waals surface area contributed by atoms with Gasteiger partial charge >= 0.3 is 5.97 Å². The third kappa shape index (κ3) is 3.21. The summed E-state index contributed by atoms with van der Waals surface area (Å²) >= 11 is 0. The van der Waals surface area contributed by atoms with Crippen LogP contribution in [0.4, 0.5) is 5.69 Å². The Labute approximate surface area is 116 Å². The number of para-hydroxylation sites is 1. The first kappa shape index (κ1) is 15.4. The van der Waals surface area contributed by atoms with E-state index in [0.717, 1.165) is 0 Å². The molecule has 0 saturated heterocycles. The van der Waals surface area contributed by atoms with E-state index in [-0.39, 0.29) is 22.7 Å². The van der Waals surface area contributed by atoms with Crippen molar-refractivity contribution in [1.29, 1.82) is 0 Å². The molecule has 0 unspecified atom stereocenters. The number of nitrogens with two attached hydrogens (primary N) is 1. The van der Waals surface area contributed by atoms with Gasteiger partial charge in [0.1, 0.15) is 0 Å². The summed E-state index contributed by atoms with van der Waals surface area (Å²) in [5, 5.41) is 0. The molecule has 0 fully saturated rings. The molecule has 5 heteroatoms. The lowest BCUT2D eigenvalue weighted by atomic mass is 10.0. The Morgan fingerprint density at radius 2 is 1.65 bits per heavy atom. The van der Waals surface area contributed by atoms with E-state index in [0.29, 0.717) is 11.1 Å². The van der Waals surface area contributed by atoms with Crippen LogP contribution in [0.2, 0.25) is 0 Å². The van der Waals surface area contributed by atoms with E-state index in [1.165, 1.54) is 6.92 Å². The van der Waals surface area contributed by atoms with Crippen molar-refractivity contribution in [3.8, 4) is 5.75 Å². The molecular formula is C15H15NO4. The Hall–Kier alpha value is -2.66. The van der Waals surface area contributed by atoms with Crippen LogP contribution in [-0.4, -0.2) is 17.2 Å². The zero-order valence-corrected chi connectivity index (χ0v) is 10.9. The molecular weight excluding hydrogens is 258 g/mol. The standard InChI is InChI=1S/C15H13NO3.H2O/c1-10(17)19-13-9-5-8-12(14(13)16)15(18)11-6-3-2-4-7-11;/h2-9H,16H2,1H3;1H2. The van der Waals surface area contributed by atoms with Gasteiger partial charge in [-0.15, -0.1) is 0 Å². The Balaban J connectivity index is 0.00000200. The Kier molecular flexibility index (Phi) is 5.00. The number of hydrogen-bond donors (Lipinski definition) is 1. The highest BCUT2D eigenvalue weighted by Gasteiger charge is 2.15. The summed E-state index contributed by atoms with van der Waals surface area (Å²) in [6, 6.07) is 13.6. The fourth-order valence-corrected chi connectivity index (χ4v) is 1.73. The average molecular weight is 273 g/mol. The second-order valence-electron chi connectivity index (χ2n) is 4.01. The molecule has 2 aromatic rings. The van der Waals surface area contributed by atoms with Gasteiger partial charge in [-0.05, 0) is 12.1 Å². The molecule has 0 saturated carbocycles. The second kappa shape index (κ2) is 6.49. The molecule has 0 radical (unpaired) electrons. The quantitative estimate of drug-likeness (QED) is 0.397. The Morgan fingerprint density at radius 1 is 1.00 bits per heavy atom. The number of rotatable bonds is 3. The highest BCUT2D eigenvalue weighted by Crippen LogP contribution is 2.27. The smallest absolute Gasteiger partial charge is 0.308 e. The zero-order chi connectivity index (χ0) is 13.8. The molecule has 0 spiro atoms. The Bertz CT molecular complexity index is 623. The van der Waals surface area contributed by atoms with Gasteiger partial charge in [0.2, 0.25) is 0 Å². The van der Waals surface area contributed by atoms with Crippen molar-refractivity contribution in [2.24, 2.45) is 0 Å². The summed E-state index contributed by atoms with van der Waals surface area (Å²) < 4.78 is 4.96. The average Bonchev–Trinajstić information content (AvgIpc) is 2.41. The van der Waals surface area contributed by atoms with Crippen LogP contribution in [0.15, 0.2) is 48.5 Å². The molecule has 0 aromatic heterocycles. The SMILES string of the molecule is CC(=O)Oc1cccc(C(=O)c2ccccc2)c1N.O. The first-order chi connectivity index (χ1) is 9.09. The van der Waals surface area contributed by atoms with E-state index < -0.39 is 5.97 Å². The van der Waals surface area contributed by atoms with E-state index in [1.807, 2.05) is 6.07 Å². The molecule has 104 valence electrons. The predicted octanol–water partition coefficient (Wildman–Crippen LogP) is 1.60. The lowest BCUT2D eigenvalue weighted by Crippen LogP contribution is -2.09. The molecule has 0 aliphatic rings. The number of nitrogen functional groups attached to an aromatic ring is 1. The van der Waals surface area contributed by atoms with Crippen LogP contribution in [-0.2, 0) is 4.79 Å². The highest BCUT2D eigenvalue weighted by atomic mass is 16.5. The molecule has 0 bridgehead atoms.